The molecule has 4 rings (SSSR count). The number of benzene rings is 3. The Labute approximate surface area is 194 Å². The van der Waals surface area contributed by atoms with E-state index in [9.17, 15) is 4.79 Å². The van der Waals surface area contributed by atoms with Gasteiger partial charge in [-0.2, -0.15) is 5.10 Å². The van der Waals surface area contributed by atoms with E-state index < -0.39 is 5.54 Å². The average molecular weight is 438 g/mol. The largest absolute Gasteiger partial charge is 0.463 e. The lowest BCUT2D eigenvalue weighted by Crippen LogP contribution is -2.39. The molecule has 5 nitrogen and oxygen atoms in total. The summed E-state index contributed by atoms with van der Waals surface area (Å²) in [4.78, 5) is 11.9. The van der Waals surface area contributed by atoms with Gasteiger partial charge in [0.15, 0.2) is 0 Å². The summed E-state index contributed by atoms with van der Waals surface area (Å²) in [6, 6.07) is 31.0. The number of esters is 1. The molecule has 0 unspecified atom stereocenters. The van der Waals surface area contributed by atoms with E-state index in [0.717, 1.165) is 28.1 Å². The summed E-state index contributed by atoms with van der Waals surface area (Å²) in [6.45, 7) is 2.12. The lowest BCUT2D eigenvalue weighted by molar-refractivity contribution is -0.137. The predicted molar refractivity (Wildman–Crippen MR) is 132 cm³/mol. The first kappa shape index (κ1) is 22.1. The molecule has 3 aromatic carbocycles. The molecule has 1 heterocycles. The van der Waals surface area contributed by atoms with E-state index in [0.29, 0.717) is 6.61 Å². The van der Waals surface area contributed by atoms with Gasteiger partial charge >= 0.3 is 5.97 Å². The minimum atomic E-state index is -0.690. The Balaban J connectivity index is 1.91. The van der Waals surface area contributed by atoms with Crippen molar-refractivity contribution in [1.82, 2.24) is 9.78 Å². The van der Waals surface area contributed by atoms with Gasteiger partial charge in [-0.1, -0.05) is 91.0 Å². The number of aromatic nitrogens is 2. The zero-order valence-corrected chi connectivity index (χ0v) is 18.8. The summed E-state index contributed by atoms with van der Waals surface area (Å²) in [7, 11) is 1.88. The van der Waals surface area contributed by atoms with Crippen molar-refractivity contribution in [2.45, 2.75) is 12.5 Å². The monoisotopic (exact) mass is 437 g/mol. The molecular weight excluding hydrogens is 410 g/mol. The molecule has 0 saturated carbocycles. The first-order valence-corrected chi connectivity index (χ1v) is 11.0. The number of carbonyl (C=O) groups excluding carboxylic acids is 1. The second-order valence-electron chi connectivity index (χ2n) is 7.63. The molecule has 0 radical (unpaired) electrons. The maximum absolute atomic E-state index is 11.9. The van der Waals surface area contributed by atoms with Crippen molar-refractivity contribution >= 4 is 17.9 Å². The number of aryl methyl sites for hydroxylation is 1. The van der Waals surface area contributed by atoms with Crippen LogP contribution in [-0.2, 0) is 22.1 Å². The molecule has 0 aliphatic carbocycles. The van der Waals surface area contributed by atoms with E-state index in [2.05, 4.69) is 46.8 Å². The number of nitrogens with one attached hydrogen (secondary N) is 1. The molecule has 5 heteroatoms. The SMILES string of the molecule is CCOC(=O)/C=C/c1cnn(C)c1NC(c1ccccc1)(c1ccccc1)c1ccccc1. The Bertz CT molecular complexity index is 1120. The first-order valence-electron chi connectivity index (χ1n) is 11.0. The summed E-state index contributed by atoms with van der Waals surface area (Å²) in [5.74, 6) is 0.403. The van der Waals surface area contributed by atoms with E-state index >= 15 is 0 Å². The molecule has 0 fully saturated rings. The van der Waals surface area contributed by atoms with Crippen LogP contribution >= 0.6 is 0 Å². The molecular formula is C28H27N3O2. The number of hydrogen-bond donors (Lipinski definition) is 1. The summed E-state index contributed by atoms with van der Waals surface area (Å²) >= 11 is 0. The normalized spacial score (nSPS) is 11.5. The highest BCUT2D eigenvalue weighted by atomic mass is 16.5. The molecule has 166 valence electrons. The zero-order chi connectivity index (χ0) is 23.1. The summed E-state index contributed by atoms with van der Waals surface area (Å²) in [5.41, 5.74) is 3.36. The lowest BCUT2D eigenvalue weighted by atomic mass is 9.77. The van der Waals surface area contributed by atoms with E-state index in [4.69, 9.17) is 4.74 Å². The highest BCUT2D eigenvalue weighted by molar-refractivity contribution is 5.88. The highest BCUT2D eigenvalue weighted by Gasteiger charge is 2.37. The van der Waals surface area contributed by atoms with Crippen molar-refractivity contribution in [3.05, 3.63) is 126 Å². The van der Waals surface area contributed by atoms with E-state index in [1.807, 2.05) is 61.6 Å². The fourth-order valence-corrected chi connectivity index (χ4v) is 4.04. The highest BCUT2D eigenvalue weighted by Crippen LogP contribution is 2.40. The molecule has 0 bridgehead atoms. The van der Waals surface area contributed by atoms with Gasteiger partial charge in [-0.15, -0.1) is 0 Å². The van der Waals surface area contributed by atoms with Crippen molar-refractivity contribution in [3.63, 3.8) is 0 Å². The van der Waals surface area contributed by atoms with Crippen LogP contribution < -0.4 is 5.32 Å². The maximum atomic E-state index is 11.9. The van der Waals surface area contributed by atoms with Crippen LogP contribution in [0, 0.1) is 0 Å². The number of rotatable bonds is 8. The predicted octanol–water partition coefficient (Wildman–Crippen LogP) is 5.40. The lowest BCUT2D eigenvalue weighted by Gasteiger charge is -2.38. The van der Waals surface area contributed by atoms with Crippen molar-refractivity contribution in [2.75, 3.05) is 11.9 Å². The Morgan fingerprint density at radius 3 is 1.85 bits per heavy atom. The van der Waals surface area contributed by atoms with Crippen LogP contribution in [0.3, 0.4) is 0 Å². The minimum absolute atomic E-state index is 0.334. The van der Waals surface area contributed by atoms with Crippen LogP contribution in [0.1, 0.15) is 29.2 Å². The number of carbonyl (C=O) groups is 1. The minimum Gasteiger partial charge on any atom is -0.463 e. The fourth-order valence-electron chi connectivity index (χ4n) is 4.04. The van der Waals surface area contributed by atoms with Gasteiger partial charge in [0.2, 0.25) is 0 Å². The molecule has 33 heavy (non-hydrogen) atoms. The summed E-state index contributed by atoms with van der Waals surface area (Å²) < 4.78 is 6.83. The van der Waals surface area contributed by atoms with Gasteiger partial charge in [0.1, 0.15) is 11.4 Å². The van der Waals surface area contributed by atoms with Crippen molar-refractivity contribution in [2.24, 2.45) is 7.05 Å². The molecule has 0 spiro atoms. The molecule has 0 saturated heterocycles. The number of nitrogens with zero attached hydrogens (tertiary/aromatic N) is 2. The van der Waals surface area contributed by atoms with Crippen LogP contribution in [0.15, 0.2) is 103 Å². The van der Waals surface area contributed by atoms with E-state index in [1.54, 1.807) is 23.9 Å². The topological polar surface area (TPSA) is 56.1 Å². The van der Waals surface area contributed by atoms with Gasteiger partial charge < -0.3 is 10.1 Å². The van der Waals surface area contributed by atoms with Gasteiger partial charge in [-0.3, -0.25) is 4.68 Å². The third-order valence-electron chi connectivity index (χ3n) is 5.58. The Morgan fingerprint density at radius 1 is 0.909 bits per heavy atom. The standard InChI is InChI=1S/C28H27N3O2/c1-3-33-26(32)20-19-22-21-29-31(2)27(22)30-28(23-13-7-4-8-14-23,24-15-9-5-10-16-24)25-17-11-6-12-18-25/h4-21,30H,3H2,1-2H3/b20-19+. The van der Waals surface area contributed by atoms with Gasteiger partial charge in [0.05, 0.1) is 12.8 Å². The molecule has 4 aromatic rings. The summed E-state index contributed by atoms with van der Waals surface area (Å²) in [5, 5.41) is 8.27. The van der Waals surface area contributed by atoms with Gasteiger partial charge in [0.25, 0.3) is 0 Å². The van der Waals surface area contributed by atoms with Crippen molar-refractivity contribution in [1.29, 1.82) is 0 Å². The summed E-state index contributed by atoms with van der Waals surface area (Å²) in [6.07, 6.45) is 4.91. The van der Waals surface area contributed by atoms with Gasteiger partial charge in [-0.25, -0.2) is 4.79 Å². The second kappa shape index (κ2) is 10.0. The molecule has 0 aliphatic heterocycles. The quantitative estimate of drug-likeness (QED) is 0.228. The van der Waals surface area contributed by atoms with Crippen LogP contribution in [0.2, 0.25) is 0 Å². The second-order valence-corrected chi connectivity index (χ2v) is 7.63. The van der Waals surface area contributed by atoms with E-state index in [1.165, 1.54) is 6.08 Å². The first-order chi connectivity index (χ1) is 16.1. The number of ether oxygens (including phenoxy) is 1. The van der Waals surface area contributed by atoms with Gasteiger partial charge in [-0.05, 0) is 29.7 Å². The maximum Gasteiger partial charge on any atom is 0.330 e. The van der Waals surface area contributed by atoms with Crippen LogP contribution in [0.4, 0.5) is 5.82 Å². The molecule has 0 aliphatic rings. The van der Waals surface area contributed by atoms with Crippen LogP contribution in [0.5, 0.6) is 0 Å². The Morgan fingerprint density at radius 2 is 1.39 bits per heavy atom. The Kier molecular flexibility index (Phi) is 6.69. The third-order valence-corrected chi connectivity index (χ3v) is 5.58. The van der Waals surface area contributed by atoms with E-state index in [-0.39, 0.29) is 5.97 Å². The van der Waals surface area contributed by atoms with Crippen molar-refractivity contribution in [3.8, 4) is 0 Å². The average Bonchev–Trinajstić information content (AvgIpc) is 3.21. The van der Waals surface area contributed by atoms with Crippen molar-refractivity contribution < 1.29 is 9.53 Å². The molecule has 1 aromatic heterocycles. The van der Waals surface area contributed by atoms with Gasteiger partial charge in [0, 0.05) is 18.7 Å². The van der Waals surface area contributed by atoms with Crippen LogP contribution in [-0.4, -0.2) is 22.4 Å². The zero-order valence-electron chi connectivity index (χ0n) is 18.8. The number of hydrogen-bond acceptors (Lipinski definition) is 4. The molecule has 0 amide bonds. The number of anilines is 1. The Hall–Kier alpha value is -4.12. The van der Waals surface area contributed by atoms with Crippen LogP contribution in [0.25, 0.3) is 6.08 Å². The molecule has 0 atom stereocenters. The molecule has 1 N–H and O–H groups in total. The smallest absolute Gasteiger partial charge is 0.330 e. The third kappa shape index (κ3) is 4.58. The fraction of sp³-hybridized carbons (Fsp3) is 0.143.